The molecule has 1 heterocycles. The first-order valence-electron chi connectivity index (χ1n) is 9.82. The van der Waals surface area contributed by atoms with Crippen LogP contribution in [-0.2, 0) is 16.0 Å². The number of nitro groups is 1. The highest BCUT2D eigenvalue weighted by atomic mass is 16.6. The summed E-state index contributed by atoms with van der Waals surface area (Å²) in [5, 5.41) is 10.8. The summed E-state index contributed by atoms with van der Waals surface area (Å²) in [6.07, 6.45) is 0.778. The highest BCUT2D eigenvalue weighted by molar-refractivity contribution is 5.96. The van der Waals surface area contributed by atoms with Crippen LogP contribution in [0.2, 0.25) is 0 Å². The van der Waals surface area contributed by atoms with Gasteiger partial charge in [-0.15, -0.1) is 0 Å². The van der Waals surface area contributed by atoms with Gasteiger partial charge < -0.3 is 14.5 Å². The second kappa shape index (κ2) is 9.49. The Balaban J connectivity index is 1.75. The molecule has 0 N–H and O–H groups in total. The summed E-state index contributed by atoms with van der Waals surface area (Å²) >= 11 is 0. The summed E-state index contributed by atoms with van der Waals surface area (Å²) in [6, 6.07) is 13.4. The van der Waals surface area contributed by atoms with Crippen LogP contribution in [0.5, 0.6) is 0 Å². The van der Waals surface area contributed by atoms with Gasteiger partial charge in [-0.25, -0.2) is 0 Å². The highest BCUT2D eigenvalue weighted by Crippen LogP contribution is 2.29. The van der Waals surface area contributed by atoms with Crippen LogP contribution < -0.4 is 0 Å². The maximum atomic E-state index is 13.1. The molecule has 1 atom stereocenters. The Labute approximate surface area is 175 Å². The van der Waals surface area contributed by atoms with Gasteiger partial charge in [-0.05, 0) is 36.6 Å². The molecule has 1 unspecified atom stereocenters. The summed E-state index contributed by atoms with van der Waals surface area (Å²) < 4.78 is 5.10. The van der Waals surface area contributed by atoms with Crippen LogP contribution in [0.25, 0.3) is 0 Å². The molecule has 8 nitrogen and oxygen atoms in total. The Morgan fingerprint density at radius 2 is 1.90 bits per heavy atom. The molecule has 0 radical (unpaired) electrons. The zero-order valence-electron chi connectivity index (χ0n) is 17.1. The van der Waals surface area contributed by atoms with Gasteiger partial charge in [-0.3, -0.25) is 19.7 Å². The van der Waals surface area contributed by atoms with Gasteiger partial charge in [0.2, 0.25) is 5.91 Å². The molecule has 2 aromatic rings. The van der Waals surface area contributed by atoms with Crippen LogP contribution in [-0.4, -0.2) is 59.9 Å². The first-order chi connectivity index (χ1) is 14.4. The fourth-order valence-electron chi connectivity index (χ4n) is 3.73. The Morgan fingerprint density at radius 3 is 2.57 bits per heavy atom. The third kappa shape index (κ3) is 4.65. The minimum atomic E-state index is -0.518. The van der Waals surface area contributed by atoms with Crippen LogP contribution in [0, 0.1) is 10.1 Å². The fourth-order valence-corrected chi connectivity index (χ4v) is 3.73. The van der Waals surface area contributed by atoms with Gasteiger partial charge in [-0.1, -0.05) is 24.3 Å². The molecule has 2 amide bonds. The smallest absolute Gasteiger partial charge is 0.269 e. The number of ether oxygens (including phenoxy) is 1. The quantitative estimate of drug-likeness (QED) is 0.516. The van der Waals surface area contributed by atoms with Crippen molar-refractivity contribution in [2.45, 2.75) is 19.4 Å². The van der Waals surface area contributed by atoms with E-state index in [0.29, 0.717) is 12.1 Å². The van der Waals surface area contributed by atoms with E-state index in [9.17, 15) is 19.7 Å². The van der Waals surface area contributed by atoms with Crippen molar-refractivity contribution in [3.8, 4) is 0 Å². The van der Waals surface area contributed by atoms with E-state index in [1.807, 2.05) is 25.1 Å². The Bertz CT molecular complexity index is 929. The first-order valence-corrected chi connectivity index (χ1v) is 9.82. The molecule has 158 valence electrons. The van der Waals surface area contributed by atoms with Gasteiger partial charge in [0.25, 0.3) is 11.6 Å². The summed E-state index contributed by atoms with van der Waals surface area (Å²) in [5.41, 5.74) is 2.57. The lowest BCUT2D eigenvalue weighted by Gasteiger charge is -2.36. The van der Waals surface area contributed by atoms with Crippen molar-refractivity contribution in [1.82, 2.24) is 9.80 Å². The van der Waals surface area contributed by atoms with Crippen LogP contribution >= 0.6 is 0 Å². The lowest BCUT2D eigenvalue weighted by atomic mass is 9.93. The predicted octanol–water partition coefficient (Wildman–Crippen LogP) is 2.83. The van der Waals surface area contributed by atoms with Crippen LogP contribution in [0.15, 0.2) is 48.5 Å². The van der Waals surface area contributed by atoms with Crippen molar-refractivity contribution in [3.63, 3.8) is 0 Å². The molecule has 30 heavy (non-hydrogen) atoms. The van der Waals surface area contributed by atoms with E-state index in [1.54, 1.807) is 4.90 Å². The van der Waals surface area contributed by atoms with Crippen molar-refractivity contribution < 1.29 is 19.2 Å². The number of nitro benzene ring substituents is 1. The van der Waals surface area contributed by atoms with E-state index < -0.39 is 4.92 Å². The number of methoxy groups -OCH3 is 1. The van der Waals surface area contributed by atoms with E-state index >= 15 is 0 Å². The van der Waals surface area contributed by atoms with Crippen molar-refractivity contribution in [3.05, 3.63) is 75.3 Å². The number of amides is 2. The standard InChI is InChI=1S/C22H25N3O5/c1-16-20-6-4-3-5-17(20)11-12-24(16)21(26)15-23(13-14-30-2)22(27)18-7-9-19(10-8-18)25(28)29/h3-10,16H,11-15H2,1-2H3. The number of fused-ring (bicyclic) bond motifs is 1. The number of benzene rings is 2. The number of hydrogen-bond donors (Lipinski definition) is 0. The van der Waals surface area contributed by atoms with Crippen molar-refractivity contribution in [2.75, 3.05) is 33.4 Å². The Hall–Kier alpha value is -3.26. The summed E-state index contributed by atoms with van der Waals surface area (Å²) in [5.74, 6) is -0.497. The van der Waals surface area contributed by atoms with Crippen LogP contribution in [0.3, 0.4) is 0 Å². The number of carbonyl (C=O) groups excluding carboxylic acids is 2. The molecule has 3 rings (SSSR count). The second-order valence-electron chi connectivity index (χ2n) is 7.24. The molecule has 0 aliphatic carbocycles. The molecule has 1 aliphatic heterocycles. The van der Waals surface area contributed by atoms with Gasteiger partial charge in [-0.2, -0.15) is 0 Å². The Kier molecular flexibility index (Phi) is 6.79. The van der Waals surface area contributed by atoms with E-state index in [4.69, 9.17) is 4.74 Å². The van der Waals surface area contributed by atoms with Gasteiger partial charge in [0.1, 0.15) is 6.54 Å². The third-order valence-corrected chi connectivity index (χ3v) is 5.42. The summed E-state index contributed by atoms with van der Waals surface area (Å²) in [6.45, 7) is 3.04. The number of rotatable bonds is 7. The number of hydrogen-bond acceptors (Lipinski definition) is 5. The average Bonchev–Trinajstić information content (AvgIpc) is 2.76. The molecule has 0 saturated carbocycles. The zero-order chi connectivity index (χ0) is 21.7. The summed E-state index contributed by atoms with van der Waals surface area (Å²) in [4.78, 5) is 39.6. The maximum absolute atomic E-state index is 13.1. The molecule has 0 aromatic heterocycles. The van der Waals surface area contributed by atoms with Gasteiger partial charge in [0.05, 0.1) is 17.6 Å². The second-order valence-corrected chi connectivity index (χ2v) is 7.24. The molecule has 8 heteroatoms. The molecule has 2 aromatic carbocycles. The maximum Gasteiger partial charge on any atom is 0.269 e. The van der Waals surface area contributed by atoms with Crippen molar-refractivity contribution in [2.24, 2.45) is 0 Å². The fraction of sp³-hybridized carbons (Fsp3) is 0.364. The van der Waals surface area contributed by atoms with E-state index in [1.165, 1.54) is 41.8 Å². The van der Waals surface area contributed by atoms with Gasteiger partial charge in [0.15, 0.2) is 0 Å². The van der Waals surface area contributed by atoms with E-state index in [-0.39, 0.29) is 43.2 Å². The SMILES string of the molecule is COCCN(CC(=O)N1CCc2ccccc2C1C)C(=O)c1ccc([N+](=O)[O-])cc1. The number of nitrogens with zero attached hydrogens (tertiary/aromatic N) is 3. The Morgan fingerprint density at radius 1 is 1.20 bits per heavy atom. The van der Waals surface area contributed by atoms with Crippen LogP contribution in [0.1, 0.15) is 34.5 Å². The van der Waals surface area contributed by atoms with Crippen molar-refractivity contribution >= 4 is 17.5 Å². The van der Waals surface area contributed by atoms with Crippen LogP contribution in [0.4, 0.5) is 5.69 Å². The third-order valence-electron chi connectivity index (χ3n) is 5.42. The van der Waals surface area contributed by atoms with E-state index in [0.717, 1.165) is 12.0 Å². The highest BCUT2D eigenvalue weighted by Gasteiger charge is 2.29. The normalized spacial score (nSPS) is 15.4. The molecular formula is C22H25N3O5. The van der Waals surface area contributed by atoms with Gasteiger partial charge >= 0.3 is 0 Å². The molecule has 0 spiro atoms. The largest absolute Gasteiger partial charge is 0.383 e. The predicted molar refractivity (Wildman–Crippen MR) is 111 cm³/mol. The topological polar surface area (TPSA) is 93.0 Å². The van der Waals surface area contributed by atoms with E-state index in [2.05, 4.69) is 6.07 Å². The molecule has 0 bridgehead atoms. The molecule has 0 fully saturated rings. The number of carbonyl (C=O) groups is 2. The summed E-state index contributed by atoms with van der Waals surface area (Å²) in [7, 11) is 1.53. The zero-order valence-corrected chi connectivity index (χ0v) is 17.1. The first kappa shape index (κ1) is 21.4. The molecular weight excluding hydrogens is 386 g/mol. The minimum absolute atomic E-state index is 0.0683. The minimum Gasteiger partial charge on any atom is -0.383 e. The van der Waals surface area contributed by atoms with Gasteiger partial charge in [0, 0.05) is 37.9 Å². The number of non-ortho nitro benzene ring substituents is 1. The molecule has 0 saturated heterocycles. The monoisotopic (exact) mass is 411 g/mol. The molecule has 1 aliphatic rings. The average molecular weight is 411 g/mol. The lowest BCUT2D eigenvalue weighted by molar-refractivity contribution is -0.384. The van der Waals surface area contributed by atoms with Crippen molar-refractivity contribution in [1.29, 1.82) is 0 Å². The lowest BCUT2D eigenvalue weighted by Crippen LogP contribution is -2.46.